The Balaban J connectivity index is 1.71. The molecular weight excluding hydrogens is 433 g/mol. The molecule has 0 aliphatic carbocycles. The summed E-state index contributed by atoms with van der Waals surface area (Å²) in [6.45, 7) is 3.26. The molecule has 0 radical (unpaired) electrons. The van der Waals surface area contributed by atoms with Crippen LogP contribution in [0.25, 0.3) is 0 Å². The van der Waals surface area contributed by atoms with Gasteiger partial charge in [0.05, 0.1) is 0 Å². The summed E-state index contributed by atoms with van der Waals surface area (Å²) in [4.78, 5) is 41.5. The number of rotatable bonds is 5. The van der Waals surface area contributed by atoms with E-state index in [1.54, 1.807) is 5.32 Å². The summed E-state index contributed by atoms with van der Waals surface area (Å²) in [6, 6.07) is -1.18. The predicted molar refractivity (Wildman–Crippen MR) is 95.1 cm³/mol. The molecule has 3 fully saturated rings. The highest BCUT2D eigenvalue weighted by atomic mass is 32.2. The standard InChI is InChI=1S/C16H23F3N4O6S/c1-15(12(24)20-14(26)23(15)29-13(25)16(17,18)19)10-30(27,28)22-8-4-11(5-9-22)21-6-2-3-7-21/h11H,2-10H2,1H3,(H,20,24,26)/t15-/m1/s1. The molecule has 3 heterocycles. The van der Waals surface area contributed by atoms with Crippen LogP contribution in [0, 0.1) is 0 Å². The zero-order valence-corrected chi connectivity index (χ0v) is 17.1. The summed E-state index contributed by atoms with van der Waals surface area (Å²) in [5.41, 5.74) is -2.33. The molecule has 0 aromatic heterocycles. The smallest absolute Gasteiger partial charge is 0.327 e. The number of carbonyl (C=O) groups excluding carboxylic acids is 3. The van der Waals surface area contributed by atoms with Gasteiger partial charge in [0.15, 0.2) is 5.54 Å². The first-order valence-electron chi connectivity index (χ1n) is 9.51. The lowest BCUT2D eigenvalue weighted by Crippen LogP contribution is -2.56. The number of alkyl halides is 3. The van der Waals surface area contributed by atoms with E-state index in [4.69, 9.17) is 0 Å². The lowest BCUT2D eigenvalue weighted by atomic mass is 10.1. The first-order valence-corrected chi connectivity index (χ1v) is 11.1. The third-order valence-corrected chi connectivity index (χ3v) is 7.76. The number of likely N-dealkylation sites (tertiary alicyclic amines) is 1. The molecule has 0 aromatic rings. The summed E-state index contributed by atoms with van der Waals surface area (Å²) < 4.78 is 64.5. The predicted octanol–water partition coefficient (Wildman–Crippen LogP) is 0.207. The van der Waals surface area contributed by atoms with Crippen LogP contribution < -0.4 is 5.32 Å². The van der Waals surface area contributed by atoms with E-state index >= 15 is 0 Å². The number of nitrogens with zero attached hydrogens (tertiary/aromatic N) is 3. The van der Waals surface area contributed by atoms with Gasteiger partial charge in [-0.15, -0.1) is 5.06 Å². The highest BCUT2D eigenvalue weighted by Crippen LogP contribution is 2.29. The second kappa shape index (κ2) is 7.96. The first kappa shape index (κ1) is 22.7. The molecule has 3 aliphatic heterocycles. The Morgan fingerprint density at radius 1 is 1.17 bits per heavy atom. The number of piperidine rings is 1. The van der Waals surface area contributed by atoms with Crippen molar-refractivity contribution in [2.75, 3.05) is 31.9 Å². The summed E-state index contributed by atoms with van der Waals surface area (Å²) in [7, 11) is -4.15. The van der Waals surface area contributed by atoms with Crippen molar-refractivity contribution in [3.8, 4) is 0 Å². The minimum absolute atomic E-state index is 0.139. The highest BCUT2D eigenvalue weighted by Gasteiger charge is 2.57. The van der Waals surface area contributed by atoms with Crippen molar-refractivity contribution in [3.05, 3.63) is 0 Å². The van der Waals surface area contributed by atoms with Gasteiger partial charge in [-0.1, -0.05) is 0 Å². The van der Waals surface area contributed by atoms with Gasteiger partial charge in [-0.2, -0.15) is 13.2 Å². The maximum Gasteiger partial charge on any atom is 0.493 e. The van der Waals surface area contributed by atoms with Crippen LogP contribution in [0.15, 0.2) is 0 Å². The van der Waals surface area contributed by atoms with Gasteiger partial charge >= 0.3 is 18.2 Å². The fraction of sp³-hybridized carbons (Fsp3) is 0.812. The number of halogens is 3. The Morgan fingerprint density at radius 3 is 2.27 bits per heavy atom. The molecule has 1 atom stereocenters. The number of carbonyl (C=O) groups is 3. The maximum absolute atomic E-state index is 12.9. The number of hydrogen-bond donors (Lipinski definition) is 1. The molecular formula is C16H23F3N4O6S. The normalized spacial score (nSPS) is 27.5. The third kappa shape index (κ3) is 4.39. The molecule has 3 amide bonds. The molecule has 3 aliphatic rings. The molecule has 10 nitrogen and oxygen atoms in total. The molecule has 0 saturated carbocycles. The number of urea groups is 1. The Labute approximate surface area is 171 Å². The molecule has 14 heteroatoms. The molecule has 0 spiro atoms. The molecule has 0 unspecified atom stereocenters. The average Bonchev–Trinajstić information content (AvgIpc) is 3.24. The molecule has 170 valence electrons. The van der Waals surface area contributed by atoms with Crippen LogP contribution in [-0.2, 0) is 24.4 Å². The van der Waals surface area contributed by atoms with Crippen molar-refractivity contribution in [3.63, 3.8) is 0 Å². The number of nitrogens with one attached hydrogen (secondary N) is 1. The topological polar surface area (TPSA) is 116 Å². The van der Waals surface area contributed by atoms with E-state index < -0.39 is 45.4 Å². The minimum Gasteiger partial charge on any atom is -0.327 e. The van der Waals surface area contributed by atoms with E-state index in [1.807, 2.05) is 0 Å². The SMILES string of the molecule is C[C@@]1(CS(=O)(=O)N2CCC(N3CCCC3)CC2)C(=O)NC(=O)N1OC(=O)C(F)(F)F. The van der Waals surface area contributed by atoms with Gasteiger partial charge < -0.3 is 9.74 Å². The number of imide groups is 1. The van der Waals surface area contributed by atoms with Crippen molar-refractivity contribution in [1.82, 2.24) is 19.6 Å². The largest absolute Gasteiger partial charge is 0.493 e. The van der Waals surface area contributed by atoms with Crippen molar-refractivity contribution in [2.24, 2.45) is 0 Å². The van der Waals surface area contributed by atoms with Crippen LogP contribution in [0.2, 0.25) is 0 Å². The average molecular weight is 456 g/mol. The fourth-order valence-electron chi connectivity index (χ4n) is 4.04. The van der Waals surface area contributed by atoms with Gasteiger partial charge in [0.25, 0.3) is 5.91 Å². The Morgan fingerprint density at radius 2 is 1.73 bits per heavy atom. The molecule has 3 saturated heterocycles. The lowest BCUT2D eigenvalue weighted by molar-refractivity contribution is -0.235. The van der Waals surface area contributed by atoms with Crippen molar-refractivity contribution in [1.29, 1.82) is 0 Å². The van der Waals surface area contributed by atoms with Crippen LogP contribution in [-0.4, -0.2) is 90.3 Å². The third-order valence-electron chi connectivity index (χ3n) is 5.69. The molecule has 1 N–H and O–H groups in total. The van der Waals surface area contributed by atoms with Gasteiger partial charge in [0.1, 0.15) is 5.75 Å². The van der Waals surface area contributed by atoms with Crippen molar-refractivity contribution < 1.29 is 40.8 Å². The monoisotopic (exact) mass is 456 g/mol. The molecule has 30 heavy (non-hydrogen) atoms. The van der Waals surface area contributed by atoms with Crippen LogP contribution >= 0.6 is 0 Å². The summed E-state index contributed by atoms with van der Waals surface area (Å²) in [5, 5.41) is 1.56. The number of hydrogen-bond acceptors (Lipinski definition) is 7. The maximum atomic E-state index is 12.9. The van der Waals surface area contributed by atoms with E-state index in [9.17, 15) is 36.0 Å². The Kier molecular flexibility index (Phi) is 6.04. The number of hydroxylamine groups is 2. The van der Waals surface area contributed by atoms with Crippen molar-refractivity contribution >= 4 is 27.9 Å². The van der Waals surface area contributed by atoms with Gasteiger partial charge in [-0.3, -0.25) is 10.1 Å². The second-order valence-corrected chi connectivity index (χ2v) is 9.80. The number of amides is 3. The summed E-state index contributed by atoms with van der Waals surface area (Å²) in [5.74, 6) is -4.92. The van der Waals surface area contributed by atoms with E-state index in [1.165, 1.54) is 0 Å². The van der Waals surface area contributed by atoms with E-state index in [0.29, 0.717) is 12.8 Å². The quantitative estimate of drug-likeness (QED) is 0.588. The zero-order valence-electron chi connectivity index (χ0n) is 16.3. The molecule has 0 aromatic carbocycles. The Hall–Kier alpha value is -1.93. The molecule has 0 bridgehead atoms. The minimum atomic E-state index is -5.43. The van der Waals surface area contributed by atoms with E-state index in [-0.39, 0.29) is 24.2 Å². The van der Waals surface area contributed by atoms with Crippen LogP contribution in [0.3, 0.4) is 0 Å². The van der Waals surface area contributed by atoms with E-state index in [2.05, 4.69) is 9.74 Å². The van der Waals surface area contributed by atoms with Gasteiger partial charge in [-0.05, 0) is 45.7 Å². The van der Waals surface area contributed by atoms with E-state index in [0.717, 1.165) is 37.2 Å². The zero-order chi connectivity index (χ0) is 22.3. The van der Waals surface area contributed by atoms with Crippen LogP contribution in [0.5, 0.6) is 0 Å². The lowest BCUT2D eigenvalue weighted by Gasteiger charge is -2.37. The highest BCUT2D eigenvalue weighted by molar-refractivity contribution is 7.89. The fourth-order valence-corrected chi connectivity index (χ4v) is 5.95. The molecule has 3 rings (SSSR count). The van der Waals surface area contributed by atoms with Gasteiger partial charge in [-0.25, -0.2) is 22.3 Å². The van der Waals surface area contributed by atoms with Crippen LogP contribution in [0.1, 0.15) is 32.6 Å². The summed E-state index contributed by atoms with van der Waals surface area (Å²) >= 11 is 0. The van der Waals surface area contributed by atoms with Crippen LogP contribution in [0.4, 0.5) is 18.0 Å². The van der Waals surface area contributed by atoms with Gasteiger partial charge in [0, 0.05) is 19.1 Å². The van der Waals surface area contributed by atoms with Crippen molar-refractivity contribution in [2.45, 2.75) is 50.4 Å². The summed E-state index contributed by atoms with van der Waals surface area (Å²) in [6.07, 6.45) is -2.04. The first-order chi connectivity index (χ1) is 13.8. The van der Waals surface area contributed by atoms with Gasteiger partial charge in [0.2, 0.25) is 10.0 Å². The number of sulfonamides is 1. The second-order valence-electron chi connectivity index (χ2n) is 7.83. The Bertz CT molecular complexity index is 821.